The van der Waals surface area contributed by atoms with Crippen molar-refractivity contribution >= 4 is 17.9 Å². The van der Waals surface area contributed by atoms with E-state index in [4.69, 9.17) is 4.74 Å². The van der Waals surface area contributed by atoms with Gasteiger partial charge in [0.25, 0.3) is 0 Å². The Labute approximate surface area is 213 Å². The van der Waals surface area contributed by atoms with Gasteiger partial charge in [-0.1, -0.05) is 66.7 Å². The smallest absolute Gasteiger partial charge is 0.413 e. The number of rotatable bonds is 7. The predicted octanol–water partition coefficient (Wildman–Crippen LogP) is 5.84. The number of ether oxygens (including phenoxy) is 1. The number of hydrogen-bond acceptors (Lipinski definition) is 5. The standard InChI is InChI=1S/C29H24N4O4/c1-19(20-5-3-2-4-6-20)37-28(36)32-26-23(17-30)18-31-33(26)25-13-9-22(10-14-25)21-7-11-24(12-8-21)29(15-16-29)27(34)35/h2-14,18-19H,15-16H2,1H3,(H,32,36)(H,34,35). The third kappa shape index (κ3) is 4.67. The summed E-state index contributed by atoms with van der Waals surface area (Å²) in [4.78, 5) is 24.2. The minimum Gasteiger partial charge on any atom is -0.481 e. The molecule has 1 saturated carbocycles. The molecule has 0 bridgehead atoms. The maximum atomic E-state index is 12.6. The second kappa shape index (κ2) is 9.63. The molecule has 5 rings (SSSR count). The highest BCUT2D eigenvalue weighted by Crippen LogP contribution is 2.48. The average molecular weight is 493 g/mol. The molecule has 1 fully saturated rings. The van der Waals surface area contributed by atoms with E-state index in [9.17, 15) is 20.0 Å². The van der Waals surface area contributed by atoms with Crippen LogP contribution >= 0.6 is 0 Å². The summed E-state index contributed by atoms with van der Waals surface area (Å²) >= 11 is 0. The van der Waals surface area contributed by atoms with Crippen molar-refractivity contribution in [2.75, 3.05) is 5.32 Å². The van der Waals surface area contributed by atoms with Crippen LogP contribution in [0.2, 0.25) is 0 Å². The molecule has 184 valence electrons. The summed E-state index contributed by atoms with van der Waals surface area (Å²) < 4.78 is 6.97. The molecule has 0 radical (unpaired) electrons. The van der Waals surface area contributed by atoms with E-state index < -0.39 is 23.6 Å². The van der Waals surface area contributed by atoms with Crippen LogP contribution in [0.15, 0.2) is 85.1 Å². The summed E-state index contributed by atoms with van der Waals surface area (Å²) in [5.74, 6) is -0.559. The Bertz CT molecular complexity index is 1480. The van der Waals surface area contributed by atoms with Crippen molar-refractivity contribution in [1.82, 2.24) is 9.78 Å². The number of nitriles is 1. The van der Waals surface area contributed by atoms with E-state index in [1.54, 1.807) is 6.92 Å². The minimum absolute atomic E-state index is 0.205. The number of anilines is 1. The van der Waals surface area contributed by atoms with E-state index in [1.807, 2.05) is 84.9 Å². The number of carbonyl (C=O) groups excluding carboxylic acids is 1. The van der Waals surface area contributed by atoms with Crippen LogP contribution in [0.25, 0.3) is 16.8 Å². The normalized spacial score (nSPS) is 14.3. The maximum absolute atomic E-state index is 12.6. The lowest BCUT2D eigenvalue weighted by Crippen LogP contribution is -2.19. The molecule has 3 aromatic carbocycles. The molecule has 0 saturated heterocycles. The first-order valence-corrected chi connectivity index (χ1v) is 11.9. The van der Waals surface area contributed by atoms with Crippen molar-refractivity contribution in [3.05, 3.63) is 102 Å². The Morgan fingerprint density at radius 1 is 1.03 bits per heavy atom. The Morgan fingerprint density at radius 2 is 1.65 bits per heavy atom. The van der Waals surface area contributed by atoms with E-state index in [0.29, 0.717) is 18.5 Å². The molecule has 1 heterocycles. The Morgan fingerprint density at radius 3 is 2.22 bits per heavy atom. The molecule has 1 aliphatic carbocycles. The summed E-state index contributed by atoms with van der Waals surface area (Å²) in [5.41, 5.74) is 3.69. The second-order valence-electron chi connectivity index (χ2n) is 9.03. The maximum Gasteiger partial charge on any atom is 0.413 e. The number of aliphatic carboxylic acids is 1. The molecule has 1 aromatic heterocycles. The van der Waals surface area contributed by atoms with Gasteiger partial charge in [-0.15, -0.1) is 0 Å². The van der Waals surface area contributed by atoms with Gasteiger partial charge in [0, 0.05) is 0 Å². The van der Waals surface area contributed by atoms with Crippen LogP contribution in [0.4, 0.5) is 10.6 Å². The molecule has 37 heavy (non-hydrogen) atoms. The fraction of sp³-hybridized carbons (Fsp3) is 0.172. The van der Waals surface area contributed by atoms with Gasteiger partial charge in [0.1, 0.15) is 17.7 Å². The summed E-state index contributed by atoms with van der Waals surface area (Å²) in [6.45, 7) is 1.77. The van der Waals surface area contributed by atoms with Gasteiger partial charge in [0.15, 0.2) is 5.82 Å². The van der Waals surface area contributed by atoms with E-state index >= 15 is 0 Å². The van der Waals surface area contributed by atoms with Crippen molar-refractivity contribution in [3.63, 3.8) is 0 Å². The molecule has 2 N–H and O–H groups in total. The number of carbonyl (C=O) groups is 2. The number of nitrogens with zero attached hydrogens (tertiary/aromatic N) is 3. The minimum atomic E-state index is -0.775. The van der Waals surface area contributed by atoms with Gasteiger partial charge in [-0.2, -0.15) is 10.4 Å². The molecule has 1 amide bonds. The Balaban J connectivity index is 1.33. The van der Waals surface area contributed by atoms with Gasteiger partial charge in [-0.3, -0.25) is 10.1 Å². The summed E-state index contributed by atoms with van der Waals surface area (Å²) in [6.07, 6.45) is 1.55. The quantitative estimate of drug-likeness (QED) is 0.335. The van der Waals surface area contributed by atoms with Crippen molar-refractivity contribution in [3.8, 4) is 22.9 Å². The molecule has 1 unspecified atom stereocenters. The number of amides is 1. The SMILES string of the molecule is CC(OC(=O)Nc1c(C#N)cnn1-c1ccc(-c2ccc(C3(C(=O)O)CC3)cc2)cc1)c1ccccc1. The van der Waals surface area contributed by atoms with Gasteiger partial charge in [-0.05, 0) is 54.2 Å². The van der Waals surface area contributed by atoms with Crippen LogP contribution in [0, 0.1) is 11.3 Å². The molecular weight excluding hydrogens is 468 g/mol. The zero-order valence-electron chi connectivity index (χ0n) is 20.1. The lowest BCUT2D eigenvalue weighted by molar-refractivity contribution is -0.140. The van der Waals surface area contributed by atoms with Crippen LogP contribution in [0.1, 0.15) is 42.6 Å². The van der Waals surface area contributed by atoms with Crippen molar-refractivity contribution in [2.24, 2.45) is 0 Å². The third-order valence-electron chi connectivity index (χ3n) is 6.71. The first-order chi connectivity index (χ1) is 17.9. The Hall–Kier alpha value is -4.90. The van der Waals surface area contributed by atoms with Crippen LogP contribution in [0.5, 0.6) is 0 Å². The molecule has 4 aromatic rings. The van der Waals surface area contributed by atoms with Crippen molar-refractivity contribution < 1.29 is 19.4 Å². The van der Waals surface area contributed by atoms with Crippen LogP contribution in [-0.2, 0) is 14.9 Å². The van der Waals surface area contributed by atoms with E-state index in [2.05, 4.69) is 10.4 Å². The van der Waals surface area contributed by atoms with Crippen LogP contribution < -0.4 is 5.32 Å². The van der Waals surface area contributed by atoms with Crippen molar-refractivity contribution in [1.29, 1.82) is 5.26 Å². The summed E-state index contributed by atoms with van der Waals surface area (Å²) in [6, 6.07) is 26.5. The highest BCUT2D eigenvalue weighted by atomic mass is 16.6. The Kier molecular flexibility index (Phi) is 6.20. The molecular formula is C29H24N4O4. The average Bonchev–Trinajstić information content (AvgIpc) is 3.65. The van der Waals surface area contributed by atoms with Gasteiger partial charge in [0.05, 0.1) is 17.3 Å². The third-order valence-corrected chi connectivity index (χ3v) is 6.71. The number of aromatic nitrogens is 2. The number of carboxylic acid groups (broad SMARTS) is 1. The number of hydrogen-bond donors (Lipinski definition) is 2. The highest BCUT2D eigenvalue weighted by Gasteiger charge is 2.51. The van der Waals surface area contributed by atoms with E-state index in [0.717, 1.165) is 22.3 Å². The molecule has 1 atom stereocenters. The predicted molar refractivity (Wildman–Crippen MR) is 137 cm³/mol. The molecule has 8 nitrogen and oxygen atoms in total. The van der Waals surface area contributed by atoms with Gasteiger partial charge in [0.2, 0.25) is 0 Å². The number of nitrogens with one attached hydrogen (secondary N) is 1. The molecule has 8 heteroatoms. The fourth-order valence-corrected chi connectivity index (χ4v) is 4.35. The topological polar surface area (TPSA) is 117 Å². The first kappa shape index (κ1) is 23.8. The van der Waals surface area contributed by atoms with Crippen LogP contribution in [-0.4, -0.2) is 26.9 Å². The van der Waals surface area contributed by atoms with Crippen molar-refractivity contribution in [2.45, 2.75) is 31.3 Å². The van der Waals surface area contributed by atoms with E-state index in [1.165, 1.54) is 10.9 Å². The first-order valence-electron chi connectivity index (χ1n) is 11.9. The fourth-order valence-electron chi connectivity index (χ4n) is 4.35. The van der Waals surface area contributed by atoms with Gasteiger partial charge >= 0.3 is 12.1 Å². The molecule has 1 aliphatic rings. The zero-order valence-corrected chi connectivity index (χ0v) is 20.1. The number of carboxylic acids is 1. The largest absolute Gasteiger partial charge is 0.481 e. The number of benzene rings is 3. The van der Waals surface area contributed by atoms with Gasteiger partial charge < -0.3 is 9.84 Å². The summed E-state index contributed by atoms with van der Waals surface area (Å²) in [7, 11) is 0. The summed E-state index contributed by atoms with van der Waals surface area (Å²) in [5, 5.41) is 26.0. The molecule has 0 spiro atoms. The molecule has 0 aliphatic heterocycles. The second-order valence-corrected chi connectivity index (χ2v) is 9.03. The lowest BCUT2D eigenvalue weighted by Gasteiger charge is -2.15. The monoisotopic (exact) mass is 492 g/mol. The highest BCUT2D eigenvalue weighted by molar-refractivity contribution is 5.86. The zero-order chi connectivity index (χ0) is 26.0. The van der Waals surface area contributed by atoms with Crippen LogP contribution in [0.3, 0.4) is 0 Å². The lowest BCUT2D eigenvalue weighted by atomic mass is 9.94. The van der Waals surface area contributed by atoms with E-state index in [-0.39, 0.29) is 11.4 Å². The van der Waals surface area contributed by atoms with Gasteiger partial charge in [-0.25, -0.2) is 9.48 Å².